The number of carbonyl (C=O) groups is 1. The minimum Gasteiger partial charge on any atom is -0.480 e. The largest absolute Gasteiger partial charge is 0.480 e. The average Bonchev–Trinajstić information content (AvgIpc) is 2.11. The smallest absolute Gasteiger partial charge is 0.326 e. The summed E-state index contributed by atoms with van der Waals surface area (Å²) >= 11 is 0. The van der Waals surface area contributed by atoms with Crippen LogP contribution in [-0.4, -0.2) is 17.1 Å². The van der Waals surface area contributed by atoms with Gasteiger partial charge in [0.2, 0.25) is 0 Å². The molecule has 0 saturated carbocycles. The van der Waals surface area contributed by atoms with Gasteiger partial charge in [0.25, 0.3) is 0 Å². The maximum atomic E-state index is 11.1. The normalized spacial score (nSPS) is 12.6. The van der Waals surface area contributed by atoms with E-state index < -0.39 is 12.0 Å². The minimum absolute atomic E-state index is 0.0540. The number of hydrogen-bond acceptors (Lipinski definition) is 2. The van der Waals surface area contributed by atoms with E-state index in [1.165, 1.54) is 0 Å². The number of aliphatic carboxylic acids is 1. The highest BCUT2D eigenvalue weighted by atomic mass is 16.4. The second kappa shape index (κ2) is 5.01. The standard InChI is InChI=1S/C13H19NO2/c1-8(2)12(13(15)16)14-11-6-9(3)5-10(4)7-11/h5-8,12,14H,1-4H3,(H,15,16). The van der Waals surface area contributed by atoms with Crippen molar-refractivity contribution in [1.29, 1.82) is 0 Å². The predicted molar refractivity (Wildman–Crippen MR) is 65.8 cm³/mol. The number of hydrogen-bond donors (Lipinski definition) is 2. The molecule has 3 nitrogen and oxygen atoms in total. The molecule has 1 aromatic rings. The Balaban J connectivity index is 2.89. The summed E-state index contributed by atoms with van der Waals surface area (Å²) < 4.78 is 0. The Labute approximate surface area is 96.5 Å². The molecular formula is C13H19NO2. The fraction of sp³-hybridized carbons (Fsp3) is 0.462. The van der Waals surface area contributed by atoms with Crippen molar-refractivity contribution >= 4 is 11.7 Å². The van der Waals surface area contributed by atoms with Gasteiger partial charge in [-0.1, -0.05) is 19.9 Å². The molecule has 16 heavy (non-hydrogen) atoms. The number of carboxylic acids is 1. The molecule has 1 aromatic carbocycles. The molecule has 0 fully saturated rings. The molecule has 2 N–H and O–H groups in total. The Kier molecular flexibility index (Phi) is 3.93. The molecule has 88 valence electrons. The van der Waals surface area contributed by atoms with Gasteiger partial charge in [-0.3, -0.25) is 0 Å². The number of rotatable bonds is 4. The van der Waals surface area contributed by atoms with E-state index in [9.17, 15) is 4.79 Å². The molecule has 3 heteroatoms. The number of benzene rings is 1. The summed E-state index contributed by atoms with van der Waals surface area (Å²) in [4.78, 5) is 11.1. The van der Waals surface area contributed by atoms with Gasteiger partial charge >= 0.3 is 5.97 Å². The number of anilines is 1. The van der Waals surface area contributed by atoms with Gasteiger partial charge < -0.3 is 10.4 Å². The van der Waals surface area contributed by atoms with Gasteiger partial charge in [0.05, 0.1) is 0 Å². The molecule has 0 saturated heterocycles. The van der Waals surface area contributed by atoms with E-state index in [2.05, 4.69) is 11.4 Å². The lowest BCUT2D eigenvalue weighted by Gasteiger charge is -2.19. The van der Waals surface area contributed by atoms with Crippen LogP contribution >= 0.6 is 0 Å². The van der Waals surface area contributed by atoms with Crippen LogP contribution in [0.4, 0.5) is 5.69 Å². The first-order valence-electron chi connectivity index (χ1n) is 5.48. The van der Waals surface area contributed by atoms with E-state index in [4.69, 9.17) is 5.11 Å². The Morgan fingerprint density at radius 1 is 1.19 bits per heavy atom. The Morgan fingerprint density at radius 2 is 1.69 bits per heavy atom. The van der Waals surface area contributed by atoms with E-state index in [0.717, 1.165) is 16.8 Å². The highest BCUT2D eigenvalue weighted by Crippen LogP contribution is 2.17. The third-order valence-corrected chi connectivity index (χ3v) is 2.48. The quantitative estimate of drug-likeness (QED) is 0.822. The van der Waals surface area contributed by atoms with Crippen molar-refractivity contribution in [2.45, 2.75) is 33.7 Å². The third kappa shape index (κ3) is 3.26. The Bertz CT molecular complexity index is 365. The first-order valence-corrected chi connectivity index (χ1v) is 5.48. The number of aryl methyl sites for hydroxylation is 2. The third-order valence-electron chi connectivity index (χ3n) is 2.48. The second-order valence-electron chi connectivity index (χ2n) is 4.58. The average molecular weight is 221 g/mol. The second-order valence-corrected chi connectivity index (χ2v) is 4.58. The summed E-state index contributed by atoms with van der Waals surface area (Å²) in [5, 5.41) is 12.1. The van der Waals surface area contributed by atoms with Crippen molar-refractivity contribution in [3.05, 3.63) is 29.3 Å². The van der Waals surface area contributed by atoms with Gasteiger partial charge in [0.1, 0.15) is 6.04 Å². The van der Waals surface area contributed by atoms with Crippen LogP contribution in [0.15, 0.2) is 18.2 Å². The summed E-state index contributed by atoms with van der Waals surface area (Å²) in [5.74, 6) is -0.757. The first-order chi connectivity index (χ1) is 7.40. The van der Waals surface area contributed by atoms with Crippen LogP contribution in [0.1, 0.15) is 25.0 Å². The maximum absolute atomic E-state index is 11.1. The van der Waals surface area contributed by atoms with Crippen LogP contribution in [0.3, 0.4) is 0 Å². The lowest BCUT2D eigenvalue weighted by molar-refractivity contribution is -0.138. The molecule has 0 aliphatic rings. The van der Waals surface area contributed by atoms with Crippen molar-refractivity contribution in [1.82, 2.24) is 0 Å². The minimum atomic E-state index is -0.811. The van der Waals surface area contributed by atoms with Crippen LogP contribution < -0.4 is 5.32 Å². The fourth-order valence-electron chi connectivity index (χ4n) is 1.75. The summed E-state index contributed by atoms with van der Waals surface area (Å²) in [5.41, 5.74) is 3.14. The van der Waals surface area contributed by atoms with Gasteiger partial charge in [-0.25, -0.2) is 4.79 Å². The molecule has 0 radical (unpaired) electrons. The highest BCUT2D eigenvalue weighted by molar-refractivity contribution is 5.77. The zero-order valence-electron chi connectivity index (χ0n) is 10.2. The maximum Gasteiger partial charge on any atom is 0.326 e. The predicted octanol–water partition coefficient (Wildman–Crippen LogP) is 2.82. The van der Waals surface area contributed by atoms with Crippen molar-refractivity contribution < 1.29 is 9.90 Å². The Morgan fingerprint density at radius 3 is 2.06 bits per heavy atom. The molecule has 0 aliphatic carbocycles. The van der Waals surface area contributed by atoms with Gasteiger partial charge in [-0.2, -0.15) is 0 Å². The molecule has 0 amide bonds. The molecule has 0 bridgehead atoms. The summed E-state index contributed by atoms with van der Waals surface area (Å²) in [6.07, 6.45) is 0. The number of nitrogens with one attached hydrogen (secondary N) is 1. The fourth-order valence-corrected chi connectivity index (χ4v) is 1.75. The molecule has 1 atom stereocenters. The van der Waals surface area contributed by atoms with Gasteiger partial charge in [0, 0.05) is 5.69 Å². The zero-order chi connectivity index (χ0) is 12.3. The van der Waals surface area contributed by atoms with Crippen molar-refractivity contribution in [2.24, 2.45) is 5.92 Å². The first kappa shape index (κ1) is 12.6. The van der Waals surface area contributed by atoms with Crippen LogP contribution in [0.25, 0.3) is 0 Å². The van der Waals surface area contributed by atoms with Gasteiger partial charge in [-0.05, 0) is 43.0 Å². The van der Waals surface area contributed by atoms with E-state index in [-0.39, 0.29) is 5.92 Å². The van der Waals surface area contributed by atoms with Gasteiger partial charge in [-0.15, -0.1) is 0 Å². The van der Waals surface area contributed by atoms with E-state index in [0.29, 0.717) is 0 Å². The molecule has 0 spiro atoms. The van der Waals surface area contributed by atoms with E-state index in [1.807, 2.05) is 39.8 Å². The van der Waals surface area contributed by atoms with Crippen LogP contribution in [-0.2, 0) is 4.79 Å². The SMILES string of the molecule is Cc1cc(C)cc(NC(C(=O)O)C(C)C)c1. The topological polar surface area (TPSA) is 49.3 Å². The van der Waals surface area contributed by atoms with Crippen LogP contribution in [0, 0.1) is 19.8 Å². The summed E-state index contributed by atoms with van der Waals surface area (Å²) in [6.45, 7) is 7.80. The lowest BCUT2D eigenvalue weighted by atomic mass is 10.0. The van der Waals surface area contributed by atoms with E-state index in [1.54, 1.807) is 0 Å². The monoisotopic (exact) mass is 221 g/mol. The molecule has 1 unspecified atom stereocenters. The Hall–Kier alpha value is -1.51. The van der Waals surface area contributed by atoms with Crippen LogP contribution in [0.5, 0.6) is 0 Å². The molecule has 0 aliphatic heterocycles. The van der Waals surface area contributed by atoms with Crippen molar-refractivity contribution in [3.63, 3.8) is 0 Å². The lowest BCUT2D eigenvalue weighted by Crippen LogP contribution is -2.34. The molecule has 0 aromatic heterocycles. The molecular weight excluding hydrogens is 202 g/mol. The zero-order valence-corrected chi connectivity index (χ0v) is 10.2. The summed E-state index contributed by atoms with van der Waals surface area (Å²) in [6, 6.07) is 5.45. The molecule has 1 rings (SSSR count). The van der Waals surface area contributed by atoms with Crippen molar-refractivity contribution in [3.8, 4) is 0 Å². The molecule has 0 heterocycles. The summed E-state index contributed by atoms with van der Waals surface area (Å²) in [7, 11) is 0. The number of carboxylic acid groups (broad SMARTS) is 1. The van der Waals surface area contributed by atoms with Crippen LogP contribution in [0.2, 0.25) is 0 Å². The van der Waals surface area contributed by atoms with Gasteiger partial charge in [0.15, 0.2) is 0 Å². The van der Waals surface area contributed by atoms with E-state index >= 15 is 0 Å². The van der Waals surface area contributed by atoms with Crippen molar-refractivity contribution in [2.75, 3.05) is 5.32 Å². The highest BCUT2D eigenvalue weighted by Gasteiger charge is 2.20.